The number of amides is 1. The molecule has 3 heterocycles. The fourth-order valence-corrected chi connectivity index (χ4v) is 2.87. The van der Waals surface area contributed by atoms with E-state index < -0.39 is 11.9 Å². The van der Waals surface area contributed by atoms with Crippen molar-refractivity contribution in [1.82, 2.24) is 24.8 Å². The molecule has 7 nitrogen and oxygen atoms in total. The van der Waals surface area contributed by atoms with E-state index >= 15 is 0 Å². The van der Waals surface area contributed by atoms with Gasteiger partial charge in [0.1, 0.15) is 0 Å². The highest BCUT2D eigenvalue weighted by Crippen LogP contribution is 2.36. The van der Waals surface area contributed by atoms with Crippen LogP contribution in [0.3, 0.4) is 0 Å². The van der Waals surface area contributed by atoms with Gasteiger partial charge < -0.3 is 9.42 Å². The zero-order valence-electron chi connectivity index (χ0n) is 13.2. The van der Waals surface area contributed by atoms with Crippen molar-refractivity contribution in [2.75, 3.05) is 13.1 Å². The Kier molecular flexibility index (Phi) is 4.06. The van der Waals surface area contributed by atoms with Crippen LogP contribution in [0.2, 0.25) is 0 Å². The van der Waals surface area contributed by atoms with Crippen molar-refractivity contribution in [2.45, 2.75) is 31.9 Å². The quantitative estimate of drug-likeness (QED) is 0.851. The summed E-state index contributed by atoms with van der Waals surface area (Å²) in [5, 5.41) is 7.39. The van der Waals surface area contributed by atoms with E-state index in [1.165, 1.54) is 7.05 Å². The van der Waals surface area contributed by atoms with Crippen LogP contribution in [0.25, 0.3) is 11.5 Å². The van der Waals surface area contributed by atoms with Crippen molar-refractivity contribution in [3.8, 4) is 11.5 Å². The van der Waals surface area contributed by atoms with Gasteiger partial charge in [-0.25, -0.2) is 0 Å². The molecule has 130 valence electrons. The summed E-state index contributed by atoms with van der Waals surface area (Å²) >= 11 is 0. The Labute approximate surface area is 135 Å². The monoisotopic (exact) mass is 343 g/mol. The van der Waals surface area contributed by atoms with E-state index in [-0.39, 0.29) is 35.5 Å². The number of aromatic nitrogens is 4. The van der Waals surface area contributed by atoms with Gasteiger partial charge >= 0.3 is 6.18 Å². The van der Waals surface area contributed by atoms with Gasteiger partial charge in [-0.1, -0.05) is 12.1 Å². The molecule has 0 aromatic carbocycles. The van der Waals surface area contributed by atoms with Crippen molar-refractivity contribution in [3.05, 3.63) is 17.7 Å². The number of carbonyl (C=O) groups is 1. The molecule has 1 aliphatic rings. The largest absolute Gasteiger partial charge is 0.433 e. The molecular weight excluding hydrogens is 327 g/mol. The molecule has 1 amide bonds. The van der Waals surface area contributed by atoms with Crippen LogP contribution in [0.15, 0.2) is 10.7 Å². The molecule has 1 aliphatic heterocycles. The molecular formula is C14H16F3N5O2. The van der Waals surface area contributed by atoms with Crippen LogP contribution in [-0.4, -0.2) is 43.8 Å². The molecule has 1 unspecified atom stereocenters. The van der Waals surface area contributed by atoms with E-state index in [0.29, 0.717) is 13.1 Å². The van der Waals surface area contributed by atoms with Crippen LogP contribution in [0.5, 0.6) is 0 Å². The van der Waals surface area contributed by atoms with Crippen molar-refractivity contribution >= 4 is 5.91 Å². The Morgan fingerprint density at radius 2 is 2.17 bits per heavy atom. The second-order valence-electron chi connectivity index (χ2n) is 5.73. The summed E-state index contributed by atoms with van der Waals surface area (Å²) in [6, 6.07) is 0. The van der Waals surface area contributed by atoms with Gasteiger partial charge in [-0.15, -0.1) is 0 Å². The number of halogens is 3. The van der Waals surface area contributed by atoms with Crippen molar-refractivity contribution in [3.63, 3.8) is 0 Å². The minimum atomic E-state index is -4.59. The number of nitrogens with zero attached hydrogens (tertiary/aromatic N) is 5. The number of aryl methyl sites for hydroxylation is 1. The lowest BCUT2D eigenvalue weighted by molar-refractivity contribution is -0.143. The molecule has 2 aromatic heterocycles. The highest BCUT2D eigenvalue weighted by Gasteiger charge is 2.40. The average molecular weight is 343 g/mol. The summed E-state index contributed by atoms with van der Waals surface area (Å²) in [5.41, 5.74) is -1.22. The van der Waals surface area contributed by atoms with Crippen LogP contribution in [0, 0.1) is 0 Å². The van der Waals surface area contributed by atoms with Crippen molar-refractivity contribution < 1.29 is 22.5 Å². The summed E-state index contributed by atoms with van der Waals surface area (Å²) in [6.07, 6.45) is -2.47. The lowest BCUT2D eigenvalue weighted by atomic mass is 10.1. The Balaban J connectivity index is 1.87. The van der Waals surface area contributed by atoms with Crippen LogP contribution in [0.1, 0.15) is 37.2 Å². The van der Waals surface area contributed by atoms with Gasteiger partial charge in [0.15, 0.2) is 11.5 Å². The van der Waals surface area contributed by atoms with Gasteiger partial charge in [-0.2, -0.15) is 23.3 Å². The zero-order valence-corrected chi connectivity index (χ0v) is 13.2. The van der Waals surface area contributed by atoms with E-state index in [9.17, 15) is 18.0 Å². The number of hydrogen-bond acceptors (Lipinski definition) is 5. The molecule has 0 N–H and O–H groups in total. The molecule has 0 saturated carbocycles. The Hall–Kier alpha value is -2.39. The van der Waals surface area contributed by atoms with E-state index in [1.54, 1.807) is 4.90 Å². The molecule has 1 fully saturated rings. The van der Waals surface area contributed by atoms with E-state index in [4.69, 9.17) is 4.52 Å². The smallest absolute Gasteiger partial charge is 0.342 e. The van der Waals surface area contributed by atoms with E-state index in [1.807, 2.05) is 6.92 Å². The SMILES string of the molecule is CCCN1CC(c2noc(-c3cnn(C)c3C(F)(F)F)n2)CC1=O. The first kappa shape index (κ1) is 16.5. The molecule has 10 heteroatoms. The number of likely N-dealkylation sites (tertiary alicyclic amines) is 1. The molecule has 1 saturated heterocycles. The number of alkyl halides is 3. The third-order valence-corrected chi connectivity index (χ3v) is 3.95. The van der Waals surface area contributed by atoms with Crippen LogP contribution in [0.4, 0.5) is 13.2 Å². The molecule has 2 aromatic rings. The second kappa shape index (κ2) is 5.91. The van der Waals surface area contributed by atoms with Gasteiger partial charge in [0.05, 0.1) is 11.8 Å². The van der Waals surface area contributed by atoms with Crippen molar-refractivity contribution in [1.29, 1.82) is 0 Å². The molecule has 1 atom stereocenters. The average Bonchev–Trinajstić information content (AvgIpc) is 3.17. The van der Waals surface area contributed by atoms with E-state index in [2.05, 4.69) is 15.2 Å². The third kappa shape index (κ3) is 2.87. The summed E-state index contributed by atoms with van der Waals surface area (Å²) < 4.78 is 45.1. The summed E-state index contributed by atoms with van der Waals surface area (Å²) in [5.74, 6) is -0.279. The topological polar surface area (TPSA) is 77.1 Å². The van der Waals surface area contributed by atoms with Gasteiger partial charge in [-0.3, -0.25) is 9.48 Å². The molecule has 0 bridgehead atoms. The van der Waals surface area contributed by atoms with Crippen LogP contribution in [-0.2, 0) is 18.0 Å². The second-order valence-corrected chi connectivity index (χ2v) is 5.73. The maximum absolute atomic E-state index is 13.1. The zero-order chi connectivity index (χ0) is 17.5. The van der Waals surface area contributed by atoms with Gasteiger partial charge in [-0.05, 0) is 6.42 Å². The maximum Gasteiger partial charge on any atom is 0.433 e. The minimum absolute atomic E-state index is 0.00874. The van der Waals surface area contributed by atoms with Gasteiger partial charge in [0.25, 0.3) is 5.89 Å². The maximum atomic E-state index is 13.1. The summed E-state index contributed by atoms with van der Waals surface area (Å²) in [4.78, 5) is 17.7. The number of hydrogen-bond donors (Lipinski definition) is 0. The highest BCUT2D eigenvalue weighted by molar-refractivity contribution is 5.79. The third-order valence-electron chi connectivity index (χ3n) is 3.95. The predicted molar refractivity (Wildman–Crippen MR) is 75.7 cm³/mol. The summed E-state index contributed by atoms with van der Waals surface area (Å²) in [7, 11) is 1.20. The number of rotatable bonds is 4. The van der Waals surface area contributed by atoms with Crippen LogP contribution < -0.4 is 0 Å². The van der Waals surface area contributed by atoms with E-state index in [0.717, 1.165) is 17.3 Å². The highest BCUT2D eigenvalue weighted by atomic mass is 19.4. The van der Waals surface area contributed by atoms with Crippen molar-refractivity contribution in [2.24, 2.45) is 7.05 Å². The Morgan fingerprint density at radius 1 is 1.42 bits per heavy atom. The molecule has 0 aliphatic carbocycles. The first-order valence-electron chi connectivity index (χ1n) is 7.52. The molecule has 3 rings (SSSR count). The standard InChI is InChI=1S/C14H16F3N5O2/c1-3-4-22-7-8(5-10(22)23)12-19-13(24-20-12)9-6-18-21(2)11(9)14(15,16)17/h6,8H,3-5,7H2,1-2H3. The predicted octanol–water partition coefficient (Wildman–Crippen LogP) is 2.21. The fourth-order valence-electron chi connectivity index (χ4n) is 2.87. The Morgan fingerprint density at radius 3 is 2.83 bits per heavy atom. The van der Waals surface area contributed by atoms with Crippen LogP contribution >= 0.6 is 0 Å². The lowest BCUT2D eigenvalue weighted by Crippen LogP contribution is -2.25. The minimum Gasteiger partial charge on any atom is -0.342 e. The first-order valence-corrected chi connectivity index (χ1v) is 7.52. The Bertz CT molecular complexity index is 752. The normalized spacial score (nSPS) is 18.6. The first-order chi connectivity index (χ1) is 11.3. The van der Waals surface area contributed by atoms with Gasteiger partial charge in [0, 0.05) is 32.5 Å². The number of carbonyl (C=O) groups excluding carboxylic acids is 1. The molecule has 24 heavy (non-hydrogen) atoms. The summed E-state index contributed by atoms with van der Waals surface area (Å²) in [6.45, 7) is 3.06. The fraction of sp³-hybridized carbons (Fsp3) is 0.571. The molecule has 0 radical (unpaired) electrons. The molecule has 0 spiro atoms. The van der Waals surface area contributed by atoms with Gasteiger partial charge in [0.2, 0.25) is 5.91 Å². The lowest BCUT2D eigenvalue weighted by Gasteiger charge is -2.13.